The number of hydrogen-bond acceptors (Lipinski definition) is 5. The van der Waals surface area contributed by atoms with Crippen LogP contribution in [-0.4, -0.2) is 25.2 Å². The Balaban J connectivity index is 4.09. The molecule has 0 radical (unpaired) electrons. The molecule has 0 rings (SSSR count). The van der Waals surface area contributed by atoms with E-state index >= 15 is 0 Å². The molecule has 0 aliphatic rings. The molecule has 14 heavy (non-hydrogen) atoms. The lowest BCUT2D eigenvalue weighted by molar-refractivity contribution is 0.343. The molecule has 1 N–H and O–H groups in total. The molecular weight excluding hydrogens is 239 g/mol. The third-order valence-corrected chi connectivity index (χ3v) is 7.58. The van der Waals surface area contributed by atoms with Crippen molar-refractivity contribution in [2.75, 3.05) is 18.9 Å². The molecule has 0 fully saturated rings. The van der Waals surface area contributed by atoms with E-state index in [0.717, 1.165) is 5.75 Å². The minimum atomic E-state index is -2.79. The van der Waals surface area contributed by atoms with Gasteiger partial charge in [-0.3, -0.25) is 14.6 Å². The first kappa shape index (κ1) is 14.4. The van der Waals surface area contributed by atoms with Crippen LogP contribution in [0.3, 0.4) is 0 Å². The highest BCUT2D eigenvalue weighted by Gasteiger charge is 2.22. The standard InChI is InChI=1S/C7H17N2O2PS2/c1-4-8-7-9-12(10,11-5-2)14-13-6-3/h7H,4-6H2,1-3H3,(H,8,9,10). The van der Waals surface area contributed by atoms with E-state index in [4.69, 9.17) is 4.52 Å². The van der Waals surface area contributed by atoms with Crippen molar-refractivity contribution in [2.45, 2.75) is 20.8 Å². The summed E-state index contributed by atoms with van der Waals surface area (Å²) in [6.07, 6.45) is 1.46. The van der Waals surface area contributed by atoms with Crippen LogP contribution in [0.4, 0.5) is 0 Å². The van der Waals surface area contributed by atoms with Crippen molar-refractivity contribution in [3.8, 4) is 0 Å². The third kappa shape index (κ3) is 6.76. The summed E-state index contributed by atoms with van der Waals surface area (Å²) >= 11 is 0. The predicted molar refractivity (Wildman–Crippen MR) is 67.1 cm³/mol. The molecule has 0 amide bonds. The Labute approximate surface area is 93.3 Å². The van der Waals surface area contributed by atoms with Gasteiger partial charge in [-0.05, 0) is 13.8 Å². The van der Waals surface area contributed by atoms with Gasteiger partial charge in [0.05, 0.1) is 12.9 Å². The molecule has 1 atom stereocenters. The van der Waals surface area contributed by atoms with E-state index in [0.29, 0.717) is 13.2 Å². The van der Waals surface area contributed by atoms with Gasteiger partial charge in [0.25, 0.3) is 0 Å². The Kier molecular flexibility index (Phi) is 8.87. The second kappa shape index (κ2) is 8.65. The molecule has 0 heterocycles. The van der Waals surface area contributed by atoms with Gasteiger partial charge >= 0.3 is 6.72 Å². The molecule has 4 nitrogen and oxygen atoms in total. The normalized spacial score (nSPS) is 15.6. The maximum absolute atomic E-state index is 12.0. The van der Waals surface area contributed by atoms with Crippen molar-refractivity contribution in [3.05, 3.63) is 0 Å². The van der Waals surface area contributed by atoms with Crippen molar-refractivity contribution in [1.82, 2.24) is 5.09 Å². The molecule has 0 aromatic carbocycles. The van der Waals surface area contributed by atoms with Gasteiger partial charge in [0, 0.05) is 22.7 Å². The van der Waals surface area contributed by atoms with Gasteiger partial charge in [0.15, 0.2) is 0 Å². The highest BCUT2D eigenvalue weighted by Crippen LogP contribution is 2.60. The Morgan fingerprint density at radius 3 is 2.71 bits per heavy atom. The van der Waals surface area contributed by atoms with Crippen molar-refractivity contribution in [3.63, 3.8) is 0 Å². The van der Waals surface area contributed by atoms with Crippen LogP contribution < -0.4 is 5.09 Å². The van der Waals surface area contributed by atoms with Crippen molar-refractivity contribution < 1.29 is 9.09 Å². The van der Waals surface area contributed by atoms with Crippen molar-refractivity contribution in [1.29, 1.82) is 0 Å². The number of rotatable bonds is 8. The van der Waals surface area contributed by atoms with Crippen LogP contribution in [-0.2, 0) is 9.09 Å². The molecule has 0 aliphatic carbocycles. The summed E-state index contributed by atoms with van der Waals surface area (Å²) in [6, 6.07) is 0. The van der Waals surface area contributed by atoms with Crippen LogP contribution in [0, 0.1) is 0 Å². The minimum absolute atomic E-state index is 0.432. The van der Waals surface area contributed by atoms with Crippen LogP contribution in [0.2, 0.25) is 0 Å². The summed E-state index contributed by atoms with van der Waals surface area (Å²) in [4.78, 5) is 3.94. The second-order valence-electron chi connectivity index (χ2n) is 2.15. The van der Waals surface area contributed by atoms with Gasteiger partial charge < -0.3 is 4.52 Å². The van der Waals surface area contributed by atoms with E-state index in [1.54, 1.807) is 0 Å². The Morgan fingerprint density at radius 1 is 1.50 bits per heavy atom. The number of nitrogens with one attached hydrogen (secondary N) is 1. The first-order valence-corrected chi connectivity index (χ1v) is 9.05. The molecule has 1 unspecified atom stereocenters. The lowest BCUT2D eigenvalue weighted by Crippen LogP contribution is -2.07. The highest BCUT2D eigenvalue weighted by atomic mass is 33.3. The summed E-state index contributed by atoms with van der Waals surface area (Å²) in [5.74, 6) is 0.897. The predicted octanol–water partition coefficient (Wildman–Crippen LogP) is 3.17. The third-order valence-electron chi connectivity index (χ3n) is 1.06. The SMILES string of the molecule is CCN=CNP(=O)(OCC)SSCC. The minimum Gasteiger partial charge on any atom is -0.306 e. The summed E-state index contributed by atoms with van der Waals surface area (Å²) in [6.45, 7) is 4.06. The molecule has 0 spiro atoms. The second-order valence-corrected chi connectivity index (χ2v) is 8.56. The molecule has 0 aliphatic heterocycles. The van der Waals surface area contributed by atoms with Gasteiger partial charge in [-0.25, -0.2) is 0 Å². The summed E-state index contributed by atoms with van der Waals surface area (Å²) in [7, 11) is 2.76. The van der Waals surface area contributed by atoms with Crippen LogP contribution in [0.1, 0.15) is 20.8 Å². The van der Waals surface area contributed by atoms with E-state index in [1.807, 2.05) is 20.8 Å². The average Bonchev–Trinajstić information content (AvgIpc) is 2.16. The van der Waals surface area contributed by atoms with Crippen LogP contribution in [0.25, 0.3) is 0 Å². The molecule has 7 heteroatoms. The Bertz CT molecular complexity index is 214. The van der Waals surface area contributed by atoms with Gasteiger partial charge in [0.2, 0.25) is 0 Å². The number of aliphatic imine (C=N–C) groups is 1. The Morgan fingerprint density at radius 2 is 2.21 bits per heavy atom. The zero-order valence-electron chi connectivity index (χ0n) is 8.73. The highest BCUT2D eigenvalue weighted by molar-refractivity contribution is 8.99. The largest absolute Gasteiger partial charge is 0.362 e. The summed E-state index contributed by atoms with van der Waals surface area (Å²) in [5, 5.41) is 2.72. The van der Waals surface area contributed by atoms with Crippen molar-refractivity contribution in [2.24, 2.45) is 4.99 Å². The molecule has 84 valence electrons. The van der Waals surface area contributed by atoms with Crippen LogP contribution in [0.15, 0.2) is 4.99 Å². The fourth-order valence-electron chi connectivity index (χ4n) is 0.575. The van der Waals surface area contributed by atoms with E-state index in [9.17, 15) is 4.57 Å². The zero-order valence-corrected chi connectivity index (χ0v) is 11.3. The Hall–Kier alpha value is 0.360. The van der Waals surface area contributed by atoms with E-state index < -0.39 is 6.72 Å². The lowest BCUT2D eigenvalue weighted by atomic mass is 10.8. The van der Waals surface area contributed by atoms with E-state index in [1.165, 1.54) is 27.5 Å². The monoisotopic (exact) mass is 256 g/mol. The quantitative estimate of drug-likeness (QED) is 0.313. The fraction of sp³-hybridized carbons (Fsp3) is 0.857. The lowest BCUT2D eigenvalue weighted by Gasteiger charge is -2.14. The van der Waals surface area contributed by atoms with Gasteiger partial charge in [0.1, 0.15) is 0 Å². The topological polar surface area (TPSA) is 50.7 Å². The first-order valence-electron chi connectivity index (χ1n) is 4.50. The van der Waals surface area contributed by atoms with Gasteiger partial charge in [-0.1, -0.05) is 17.7 Å². The summed E-state index contributed by atoms with van der Waals surface area (Å²) in [5.41, 5.74) is 0. The average molecular weight is 256 g/mol. The number of nitrogens with zero attached hydrogens (tertiary/aromatic N) is 1. The molecule has 0 aromatic heterocycles. The summed E-state index contributed by atoms with van der Waals surface area (Å²) < 4.78 is 17.1. The molecule has 0 bridgehead atoms. The van der Waals surface area contributed by atoms with Crippen LogP contribution >= 0.6 is 27.9 Å². The van der Waals surface area contributed by atoms with E-state index in [2.05, 4.69) is 10.1 Å². The smallest absolute Gasteiger partial charge is 0.306 e. The maximum atomic E-state index is 12.0. The van der Waals surface area contributed by atoms with Crippen LogP contribution in [0.5, 0.6) is 0 Å². The van der Waals surface area contributed by atoms with Gasteiger partial charge in [-0.15, -0.1) is 0 Å². The number of hydrogen-bond donors (Lipinski definition) is 1. The molecular formula is C7H17N2O2PS2. The zero-order chi connectivity index (χ0) is 10.9. The molecule has 0 aromatic rings. The van der Waals surface area contributed by atoms with Gasteiger partial charge in [-0.2, -0.15) is 0 Å². The molecule has 0 saturated heterocycles. The van der Waals surface area contributed by atoms with E-state index in [-0.39, 0.29) is 0 Å². The molecule has 0 saturated carbocycles. The maximum Gasteiger partial charge on any atom is 0.362 e. The fourth-order valence-corrected chi connectivity index (χ4v) is 5.96. The first-order chi connectivity index (χ1) is 6.68. The van der Waals surface area contributed by atoms with Crippen molar-refractivity contribution >= 4 is 34.3 Å².